The summed E-state index contributed by atoms with van der Waals surface area (Å²) in [5, 5.41) is 10.6. The van der Waals surface area contributed by atoms with Crippen molar-refractivity contribution in [2.24, 2.45) is 0 Å². The first-order chi connectivity index (χ1) is 7.25. The van der Waals surface area contributed by atoms with Crippen LogP contribution >= 0.6 is 11.3 Å². The summed E-state index contributed by atoms with van der Waals surface area (Å²) in [4.78, 5) is 15.7. The Morgan fingerprint density at radius 3 is 3.00 bits per heavy atom. The van der Waals surface area contributed by atoms with Crippen molar-refractivity contribution in [3.8, 4) is 0 Å². The standard InChI is InChI=1S/C10H9NO3S/c12-10(13)8-6-11-9(14-8)4-3-7-2-1-5-15-7/h1-2,5-6H,3-4H2,(H,12,13). The molecule has 0 unspecified atom stereocenters. The molecule has 2 rings (SSSR count). The highest BCUT2D eigenvalue weighted by Crippen LogP contribution is 2.12. The number of carboxylic acids is 1. The minimum Gasteiger partial charge on any atom is -0.475 e. The highest BCUT2D eigenvalue weighted by molar-refractivity contribution is 7.09. The number of aromatic carboxylic acids is 1. The summed E-state index contributed by atoms with van der Waals surface area (Å²) in [6.07, 6.45) is 2.71. The van der Waals surface area contributed by atoms with E-state index in [1.165, 1.54) is 11.1 Å². The van der Waals surface area contributed by atoms with Crippen LogP contribution in [0, 0.1) is 0 Å². The van der Waals surface area contributed by atoms with E-state index in [1.54, 1.807) is 11.3 Å². The van der Waals surface area contributed by atoms with Crippen LogP contribution in [-0.2, 0) is 12.8 Å². The minimum absolute atomic E-state index is 0.101. The monoisotopic (exact) mass is 223 g/mol. The van der Waals surface area contributed by atoms with Gasteiger partial charge >= 0.3 is 5.97 Å². The molecule has 0 saturated heterocycles. The van der Waals surface area contributed by atoms with E-state index in [9.17, 15) is 4.79 Å². The second-order valence-corrected chi connectivity index (χ2v) is 4.04. The second-order valence-electron chi connectivity index (χ2n) is 3.00. The van der Waals surface area contributed by atoms with Gasteiger partial charge in [0.1, 0.15) is 0 Å². The summed E-state index contributed by atoms with van der Waals surface area (Å²) in [6, 6.07) is 4.02. The maximum atomic E-state index is 10.5. The molecule has 2 heterocycles. The molecule has 15 heavy (non-hydrogen) atoms. The Kier molecular flexibility index (Phi) is 2.82. The van der Waals surface area contributed by atoms with Crippen LogP contribution in [0.3, 0.4) is 0 Å². The summed E-state index contributed by atoms with van der Waals surface area (Å²) in [6.45, 7) is 0. The van der Waals surface area contributed by atoms with Gasteiger partial charge in [0.2, 0.25) is 5.76 Å². The molecule has 2 aromatic rings. The lowest BCUT2D eigenvalue weighted by Gasteiger charge is -1.92. The highest BCUT2D eigenvalue weighted by Gasteiger charge is 2.10. The maximum Gasteiger partial charge on any atom is 0.373 e. The van der Waals surface area contributed by atoms with Crippen LogP contribution in [0.5, 0.6) is 0 Å². The van der Waals surface area contributed by atoms with Crippen molar-refractivity contribution in [2.45, 2.75) is 12.8 Å². The molecule has 0 bridgehead atoms. The van der Waals surface area contributed by atoms with Crippen molar-refractivity contribution < 1.29 is 14.3 Å². The first-order valence-electron chi connectivity index (χ1n) is 4.46. The Bertz CT molecular complexity index is 447. The van der Waals surface area contributed by atoms with Crippen LogP contribution in [-0.4, -0.2) is 16.1 Å². The van der Waals surface area contributed by atoms with Gasteiger partial charge in [0, 0.05) is 11.3 Å². The van der Waals surface area contributed by atoms with Crippen LogP contribution in [0.2, 0.25) is 0 Å². The highest BCUT2D eigenvalue weighted by atomic mass is 32.1. The lowest BCUT2D eigenvalue weighted by molar-refractivity contribution is 0.0660. The summed E-state index contributed by atoms with van der Waals surface area (Å²) in [7, 11) is 0. The molecule has 1 N–H and O–H groups in total. The number of aryl methyl sites for hydroxylation is 2. The molecule has 0 fully saturated rings. The first-order valence-corrected chi connectivity index (χ1v) is 5.34. The number of hydrogen-bond acceptors (Lipinski definition) is 4. The van der Waals surface area contributed by atoms with Crippen molar-refractivity contribution >= 4 is 17.3 Å². The molecule has 0 aliphatic carbocycles. The average Bonchev–Trinajstić information content (AvgIpc) is 2.86. The molecule has 2 aromatic heterocycles. The smallest absolute Gasteiger partial charge is 0.373 e. The maximum absolute atomic E-state index is 10.5. The fraction of sp³-hybridized carbons (Fsp3) is 0.200. The predicted octanol–water partition coefficient (Wildman–Crippen LogP) is 2.22. The molecule has 0 spiro atoms. The number of aromatic nitrogens is 1. The first kappa shape index (κ1) is 9.92. The fourth-order valence-electron chi connectivity index (χ4n) is 1.21. The molecule has 0 aliphatic heterocycles. The largest absolute Gasteiger partial charge is 0.475 e. The minimum atomic E-state index is -1.08. The zero-order valence-corrected chi connectivity index (χ0v) is 8.66. The van der Waals surface area contributed by atoms with E-state index in [1.807, 2.05) is 17.5 Å². The zero-order chi connectivity index (χ0) is 10.7. The lowest BCUT2D eigenvalue weighted by Crippen LogP contribution is -1.92. The van der Waals surface area contributed by atoms with Crippen LogP contribution in [0.1, 0.15) is 21.3 Å². The van der Waals surface area contributed by atoms with Crippen LogP contribution in [0.15, 0.2) is 28.1 Å². The fourth-order valence-corrected chi connectivity index (χ4v) is 1.92. The quantitative estimate of drug-likeness (QED) is 0.863. The van der Waals surface area contributed by atoms with Gasteiger partial charge in [-0.2, -0.15) is 0 Å². The molecule has 0 aromatic carbocycles. The number of rotatable bonds is 4. The topological polar surface area (TPSA) is 63.3 Å². The molecule has 4 nitrogen and oxygen atoms in total. The van der Waals surface area contributed by atoms with Crippen LogP contribution in [0.4, 0.5) is 0 Å². The Morgan fingerprint density at radius 2 is 2.40 bits per heavy atom. The van der Waals surface area contributed by atoms with Gasteiger partial charge in [-0.05, 0) is 17.9 Å². The van der Waals surface area contributed by atoms with Gasteiger partial charge in [-0.1, -0.05) is 6.07 Å². The van der Waals surface area contributed by atoms with E-state index in [-0.39, 0.29) is 5.76 Å². The van der Waals surface area contributed by atoms with Gasteiger partial charge in [-0.25, -0.2) is 9.78 Å². The predicted molar refractivity (Wildman–Crippen MR) is 55.2 cm³/mol. The molecule has 5 heteroatoms. The van der Waals surface area contributed by atoms with Crippen molar-refractivity contribution in [2.75, 3.05) is 0 Å². The molecule has 78 valence electrons. The van der Waals surface area contributed by atoms with E-state index in [0.717, 1.165) is 6.42 Å². The molecule has 0 saturated carbocycles. The summed E-state index contributed by atoms with van der Waals surface area (Å²) >= 11 is 1.67. The molecule has 0 amide bonds. The van der Waals surface area contributed by atoms with Gasteiger partial charge in [-0.15, -0.1) is 11.3 Å². The molecule has 0 atom stereocenters. The number of thiophene rings is 1. The summed E-state index contributed by atoms with van der Waals surface area (Å²) < 4.78 is 5.04. The average molecular weight is 223 g/mol. The molecule has 0 aliphatic rings. The van der Waals surface area contributed by atoms with E-state index < -0.39 is 5.97 Å². The Morgan fingerprint density at radius 1 is 1.53 bits per heavy atom. The van der Waals surface area contributed by atoms with Crippen molar-refractivity contribution in [3.05, 3.63) is 40.2 Å². The van der Waals surface area contributed by atoms with E-state index in [2.05, 4.69) is 4.98 Å². The van der Waals surface area contributed by atoms with Crippen molar-refractivity contribution in [1.82, 2.24) is 4.98 Å². The van der Waals surface area contributed by atoms with Gasteiger partial charge < -0.3 is 9.52 Å². The Labute approximate surface area is 90.2 Å². The van der Waals surface area contributed by atoms with Crippen LogP contribution in [0.25, 0.3) is 0 Å². The third kappa shape index (κ3) is 2.44. The Balaban J connectivity index is 1.96. The third-order valence-electron chi connectivity index (χ3n) is 1.93. The molecular weight excluding hydrogens is 214 g/mol. The number of carbonyl (C=O) groups is 1. The number of carboxylic acid groups (broad SMARTS) is 1. The SMILES string of the molecule is O=C(O)c1cnc(CCc2cccs2)o1. The van der Waals surface area contributed by atoms with Gasteiger partial charge in [-0.3, -0.25) is 0 Å². The molecule has 0 radical (unpaired) electrons. The summed E-state index contributed by atoms with van der Waals surface area (Å²) in [5.41, 5.74) is 0. The molecular formula is C10H9NO3S. The zero-order valence-electron chi connectivity index (χ0n) is 7.84. The van der Waals surface area contributed by atoms with E-state index in [0.29, 0.717) is 12.3 Å². The van der Waals surface area contributed by atoms with Crippen molar-refractivity contribution in [3.63, 3.8) is 0 Å². The van der Waals surface area contributed by atoms with Gasteiger partial charge in [0.15, 0.2) is 5.89 Å². The van der Waals surface area contributed by atoms with E-state index in [4.69, 9.17) is 9.52 Å². The number of nitrogens with zero attached hydrogens (tertiary/aromatic N) is 1. The third-order valence-corrected chi connectivity index (χ3v) is 2.87. The van der Waals surface area contributed by atoms with Gasteiger partial charge in [0.05, 0.1) is 6.20 Å². The number of hydrogen-bond donors (Lipinski definition) is 1. The van der Waals surface area contributed by atoms with Crippen molar-refractivity contribution in [1.29, 1.82) is 0 Å². The normalized spacial score (nSPS) is 10.4. The van der Waals surface area contributed by atoms with Gasteiger partial charge in [0.25, 0.3) is 0 Å². The number of oxazole rings is 1. The lowest BCUT2D eigenvalue weighted by atomic mass is 10.3. The summed E-state index contributed by atoms with van der Waals surface area (Å²) in [5.74, 6) is -0.707. The van der Waals surface area contributed by atoms with E-state index >= 15 is 0 Å². The Hall–Kier alpha value is -1.62. The second kappa shape index (κ2) is 4.27. The van der Waals surface area contributed by atoms with Crippen LogP contribution < -0.4 is 0 Å².